The SMILES string of the molecule is CCCCO[C@@H]1OC(COCc2ccccc2)[C@H](OCc2ccccc2)C(OCc2ccccc2)C1OCc1ccccc1. The maximum atomic E-state index is 6.74. The lowest BCUT2D eigenvalue weighted by atomic mass is 9.97. The molecule has 4 aromatic carbocycles. The van der Waals surface area contributed by atoms with E-state index in [0.29, 0.717) is 39.6 Å². The molecule has 6 nitrogen and oxygen atoms in total. The summed E-state index contributed by atoms with van der Waals surface area (Å²) < 4.78 is 39.3. The molecule has 6 heteroatoms. The lowest BCUT2D eigenvalue weighted by Gasteiger charge is -2.46. The van der Waals surface area contributed by atoms with E-state index in [4.69, 9.17) is 28.4 Å². The fourth-order valence-corrected chi connectivity index (χ4v) is 5.23. The molecular formula is C38H44O6. The van der Waals surface area contributed by atoms with Crippen LogP contribution in [0.1, 0.15) is 42.0 Å². The summed E-state index contributed by atoms with van der Waals surface area (Å²) in [6.07, 6.45) is -0.622. The molecule has 1 saturated heterocycles. The molecule has 0 bridgehead atoms. The Labute approximate surface area is 261 Å². The Hall–Kier alpha value is -3.36. The van der Waals surface area contributed by atoms with Crippen molar-refractivity contribution in [2.75, 3.05) is 13.2 Å². The molecule has 0 spiro atoms. The van der Waals surface area contributed by atoms with Gasteiger partial charge in [0, 0.05) is 6.61 Å². The van der Waals surface area contributed by atoms with E-state index in [2.05, 4.69) is 55.5 Å². The van der Waals surface area contributed by atoms with Crippen molar-refractivity contribution in [2.24, 2.45) is 0 Å². The highest BCUT2D eigenvalue weighted by Gasteiger charge is 2.49. The van der Waals surface area contributed by atoms with Gasteiger partial charge in [0.25, 0.3) is 0 Å². The predicted octanol–water partition coefficient (Wildman–Crippen LogP) is 7.50. The number of hydrogen-bond acceptors (Lipinski definition) is 6. The van der Waals surface area contributed by atoms with Crippen LogP contribution in [0.2, 0.25) is 0 Å². The van der Waals surface area contributed by atoms with Gasteiger partial charge in [0.1, 0.15) is 24.4 Å². The van der Waals surface area contributed by atoms with Gasteiger partial charge < -0.3 is 28.4 Å². The third kappa shape index (κ3) is 9.83. The largest absolute Gasteiger partial charge is 0.374 e. The summed E-state index contributed by atoms with van der Waals surface area (Å²) in [5, 5.41) is 0. The van der Waals surface area contributed by atoms with Crippen molar-refractivity contribution >= 4 is 0 Å². The van der Waals surface area contributed by atoms with Gasteiger partial charge in [0.15, 0.2) is 6.29 Å². The van der Waals surface area contributed by atoms with E-state index in [0.717, 1.165) is 35.1 Å². The van der Waals surface area contributed by atoms with Crippen LogP contribution in [-0.2, 0) is 54.8 Å². The molecule has 0 saturated carbocycles. The van der Waals surface area contributed by atoms with E-state index in [1.807, 2.05) is 72.8 Å². The van der Waals surface area contributed by atoms with E-state index in [1.54, 1.807) is 0 Å². The Morgan fingerprint density at radius 2 is 0.932 bits per heavy atom. The first kappa shape index (κ1) is 32.0. The van der Waals surface area contributed by atoms with Gasteiger partial charge >= 0.3 is 0 Å². The first-order valence-electron chi connectivity index (χ1n) is 15.7. The van der Waals surface area contributed by atoms with Crippen LogP contribution in [-0.4, -0.2) is 43.9 Å². The highest BCUT2D eigenvalue weighted by molar-refractivity contribution is 5.16. The molecule has 1 fully saturated rings. The zero-order chi connectivity index (χ0) is 30.2. The average Bonchev–Trinajstić information content (AvgIpc) is 3.08. The zero-order valence-corrected chi connectivity index (χ0v) is 25.5. The topological polar surface area (TPSA) is 55.4 Å². The van der Waals surface area contributed by atoms with Crippen LogP contribution in [0.4, 0.5) is 0 Å². The highest BCUT2D eigenvalue weighted by Crippen LogP contribution is 2.31. The Kier molecular flexibility index (Phi) is 13.0. The van der Waals surface area contributed by atoms with E-state index >= 15 is 0 Å². The molecule has 0 radical (unpaired) electrons. The second kappa shape index (κ2) is 17.8. The second-order valence-corrected chi connectivity index (χ2v) is 11.1. The normalized spacial score (nSPS) is 21.7. The van der Waals surface area contributed by atoms with Crippen LogP contribution in [0, 0.1) is 0 Å². The molecule has 44 heavy (non-hydrogen) atoms. The average molecular weight is 597 g/mol. The molecule has 4 aromatic rings. The highest BCUT2D eigenvalue weighted by atomic mass is 16.7. The number of unbranched alkanes of at least 4 members (excludes halogenated alkanes) is 1. The summed E-state index contributed by atoms with van der Waals surface area (Å²) in [5.74, 6) is 0. The molecule has 0 N–H and O–H groups in total. The van der Waals surface area contributed by atoms with Crippen molar-refractivity contribution in [3.05, 3.63) is 144 Å². The van der Waals surface area contributed by atoms with Crippen LogP contribution < -0.4 is 0 Å². The minimum absolute atomic E-state index is 0.318. The molecule has 3 unspecified atom stereocenters. The van der Waals surface area contributed by atoms with Crippen LogP contribution >= 0.6 is 0 Å². The quantitative estimate of drug-likeness (QED) is 0.118. The van der Waals surface area contributed by atoms with E-state index in [-0.39, 0.29) is 0 Å². The minimum Gasteiger partial charge on any atom is -0.374 e. The van der Waals surface area contributed by atoms with Gasteiger partial charge in [0.05, 0.1) is 33.0 Å². The Balaban J connectivity index is 1.41. The zero-order valence-electron chi connectivity index (χ0n) is 25.5. The Morgan fingerprint density at radius 3 is 1.41 bits per heavy atom. The van der Waals surface area contributed by atoms with Crippen molar-refractivity contribution in [3.8, 4) is 0 Å². The summed E-state index contributed by atoms with van der Waals surface area (Å²) in [6.45, 7) is 4.70. The molecule has 1 heterocycles. The van der Waals surface area contributed by atoms with Crippen molar-refractivity contribution in [2.45, 2.75) is 76.9 Å². The molecule has 0 amide bonds. The van der Waals surface area contributed by atoms with Gasteiger partial charge in [-0.2, -0.15) is 0 Å². The van der Waals surface area contributed by atoms with Crippen LogP contribution in [0.25, 0.3) is 0 Å². The lowest BCUT2D eigenvalue weighted by molar-refractivity contribution is -0.328. The van der Waals surface area contributed by atoms with Gasteiger partial charge in [-0.3, -0.25) is 0 Å². The van der Waals surface area contributed by atoms with Crippen molar-refractivity contribution in [3.63, 3.8) is 0 Å². The fraction of sp³-hybridized carbons (Fsp3) is 0.368. The first-order valence-corrected chi connectivity index (χ1v) is 15.7. The van der Waals surface area contributed by atoms with Gasteiger partial charge in [0.2, 0.25) is 0 Å². The summed E-state index contributed by atoms with van der Waals surface area (Å²) in [4.78, 5) is 0. The fourth-order valence-electron chi connectivity index (χ4n) is 5.23. The van der Waals surface area contributed by atoms with E-state index < -0.39 is 30.7 Å². The maximum absolute atomic E-state index is 6.74. The number of benzene rings is 4. The van der Waals surface area contributed by atoms with E-state index in [1.165, 1.54) is 0 Å². The third-order valence-corrected chi connectivity index (χ3v) is 7.62. The molecule has 232 valence electrons. The Morgan fingerprint density at radius 1 is 0.500 bits per heavy atom. The minimum atomic E-state index is -0.645. The molecule has 5 rings (SSSR count). The molecular weight excluding hydrogens is 552 g/mol. The molecule has 5 atom stereocenters. The van der Waals surface area contributed by atoms with Gasteiger partial charge in [-0.15, -0.1) is 0 Å². The van der Waals surface area contributed by atoms with Crippen LogP contribution in [0.3, 0.4) is 0 Å². The summed E-state index contributed by atoms with van der Waals surface area (Å²) in [6, 6.07) is 40.6. The monoisotopic (exact) mass is 596 g/mol. The number of hydrogen-bond donors (Lipinski definition) is 0. The molecule has 1 aliphatic heterocycles. The van der Waals surface area contributed by atoms with E-state index in [9.17, 15) is 0 Å². The summed E-state index contributed by atoms with van der Waals surface area (Å²) in [7, 11) is 0. The standard InChI is InChI=1S/C38H44O6/c1-2-3-24-40-38-37(43-28-33-22-14-7-15-23-33)36(42-27-32-20-12-6-13-21-32)35(41-26-31-18-10-5-11-19-31)34(44-38)29-39-25-30-16-8-4-9-17-30/h4-23,34-38H,2-3,24-29H2,1H3/t34?,35-,36?,37?,38+/m0/s1. The molecule has 0 aliphatic carbocycles. The second-order valence-electron chi connectivity index (χ2n) is 11.1. The van der Waals surface area contributed by atoms with Gasteiger partial charge in [-0.1, -0.05) is 135 Å². The molecule has 0 aromatic heterocycles. The van der Waals surface area contributed by atoms with Crippen molar-refractivity contribution in [1.29, 1.82) is 0 Å². The number of ether oxygens (including phenoxy) is 6. The summed E-state index contributed by atoms with van der Waals surface area (Å²) >= 11 is 0. The van der Waals surface area contributed by atoms with Gasteiger partial charge in [-0.05, 0) is 28.7 Å². The maximum Gasteiger partial charge on any atom is 0.186 e. The van der Waals surface area contributed by atoms with Crippen LogP contribution in [0.5, 0.6) is 0 Å². The van der Waals surface area contributed by atoms with Crippen molar-refractivity contribution in [1.82, 2.24) is 0 Å². The Bertz CT molecular complexity index is 1300. The predicted molar refractivity (Wildman–Crippen MR) is 171 cm³/mol. The lowest BCUT2D eigenvalue weighted by Crippen LogP contribution is -2.61. The van der Waals surface area contributed by atoms with Crippen molar-refractivity contribution < 1.29 is 28.4 Å². The molecule has 1 aliphatic rings. The summed E-state index contributed by atoms with van der Waals surface area (Å²) in [5.41, 5.74) is 4.31. The first-order chi connectivity index (χ1) is 21.8. The third-order valence-electron chi connectivity index (χ3n) is 7.62. The number of rotatable bonds is 17. The van der Waals surface area contributed by atoms with Gasteiger partial charge in [-0.25, -0.2) is 0 Å². The smallest absolute Gasteiger partial charge is 0.186 e. The van der Waals surface area contributed by atoms with Crippen LogP contribution in [0.15, 0.2) is 121 Å².